The second-order valence-electron chi connectivity index (χ2n) is 4.30. The average Bonchev–Trinajstić information content (AvgIpc) is 2.47. The number of methoxy groups -OCH3 is 1. The standard InChI is InChI=1S/C13H14FN5O2/c1-19(2)11-10(7-16-13(18-11)21-3)17-12(20)8-4-5-15-6-9(8)14/h4-7H,1-3H3,(H,17,20). The molecule has 21 heavy (non-hydrogen) atoms. The summed E-state index contributed by atoms with van der Waals surface area (Å²) < 4.78 is 18.5. The Morgan fingerprint density at radius 3 is 2.76 bits per heavy atom. The van der Waals surface area contributed by atoms with Gasteiger partial charge >= 0.3 is 6.01 Å². The molecule has 0 aliphatic carbocycles. The highest BCUT2D eigenvalue weighted by molar-refractivity contribution is 6.05. The molecule has 1 amide bonds. The molecule has 2 aromatic heterocycles. The molecule has 2 heterocycles. The van der Waals surface area contributed by atoms with Crippen molar-refractivity contribution in [2.45, 2.75) is 0 Å². The van der Waals surface area contributed by atoms with Crippen LogP contribution < -0.4 is 15.0 Å². The van der Waals surface area contributed by atoms with Gasteiger partial charge in [0.25, 0.3) is 5.91 Å². The first-order chi connectivity index (χ1) is 10.0. The van der Waals surface area contributed by atoms with Crippen LogP contribution in [0.15, 0.2) is 24.7 Å². The van der Waals surface area contributed by atoms with Crippen LogP contribution in [0.25, 0.3) is 0 Å². The first-order valence-corrected chi connectivity index (χ1v) is 6.02. The smallest absolute Gasteiger partial charge is 0.318 e. The largest absolute Gasteiger partial charge is 0.467 e. The van der Waals surface area contributed by atoms with Crippen molar-refractivity contribution in [3.8, 4) is 6.01 Å². The summed E-state index contributed by atoms with van der Waals surface area (Å²) in [6.07, 6.45) is 3.72. The third kappa shape index (κ3) is 3.22. The molecule has 0 bridgehead atoms. The molecule has 0 radical (unpaired) electrons. The molecule has 0 aliphatic heterocycles. The molecule has 110 valence electrons. The van der Waals surface area contributed by atoms with Crippen LogP contribution in [0.2, 0.25) is 0 Å². The molecule has 0 aliphatic rings. The highest BCUT2D eigenvalue weighted by Crippen LogP contribution is 2.23. The first kappa shape index (κ1) is 14.6. The Balaban J connectivity index is 2.31. The number of hydrogen-bond donors (Lipinski definition) is 1. The van der Waals surface area contributed by atoms with Gasteiger partial charge in [-0.1, -0.05) is 0 Å². The van der Waals surface area contributed by atoms with Gasteiger partial charge < -0.3 is 15.0 Å². The van der Waals surface area contributed by atoms with Crippen LogP contribution in [0, 0.1) is 5.82 Å². The van der Waals surface area contributed by atoms with Gasteiger partial charge in [-0.15, -0.1) is 0 Å². The summed E-state index contributed by atoms with van der Waals surface area (Å²) in [5.74, 6) is -0.854. The van der Waals surface area contributed by atoms with Gasteiger partial charge in [-0.2, -0.15) is 4.98 Å². The van der Waals surface area contributed by atoms with E-state index in [1.54, 1.807) is 19.0 Å². The molecular weight excluding hydrogens is 277 g/mol. The molecular formula is C13H14FN5O2. The summed E-state index contributed by atoms with van der Waals surface area (Å²) in [5, 5.41) is 2.57. The third-order valence-electron chi connectivity index (χ3n) is 2.62. The van der Waals surface area contributed by atoms with Crippen molar-refractivity contribution < 1.29 is 13.9 Å². The van der Waals surface area contributed by atoms with Gasteiger partial charge in [-0.3, -0.25) is 9.78 Å². The predicted molar refractivity (Wildman–Crippen MR) is 75.1 cm³/mol. The van der Waals surface area contributed by atoms with Crippen molar-refractivity contribution in [2.75, 3.05) is 31.4 Å². The van der Waals surface area contributed by atoms with E-state index in [0.717, 1.165) is 6.20 Å². The van der Waals surface area contributed by atoms with Crippen LogP contribution >= 0.6 is 0 Å². The molecule has 2 aromatic rings. The number of hydrogen-bond acceptors (Lipinski definition) is 6. The molecule has 0 aromatic carbocycles. The van der Waals surface area contributed by atoms with Gasteiger partial charge in [0, 0.05) is 20.3 Å². The molecule has 7 nitrogen and oxygen atoms in total. The zero-order valence-corrected chi connectivity index (χ0v) is 11.8. The van der Waals surface area contributed by atoms with E-state index in [-0.39, 0.29) is 11.6 Å². The molecule has 1 N–H and O–H groups in total. The van der Waals surface area contributed by atoms with E-state index in [9.17, 15) is 9.18 Å². The number of ether oxygens (including phenoxy) is 1. The van der Waals surface area contributed by atoms with E-state index in [0.29, 0.717) is 11.5 Å². The van der Waals surface area contributed by atoms with Gasteiger partial charge in [-0.05, 0) is 6.07 Å². The van der Waals surface area contributed by atoms with Crippen molar-refractivity contribution >= 4 is 17.4 Å². The Morgan fingerprint density at radius 1 is 1.38 bits per heavy atom. The third-order valence-corrected chi connectivity index (χ3v) is 2.62. The van der Waals surface area contributed by atoms with E-state index < -0.39 is 11.7 Å². The maximum absolute atomic E-state index is 13.5. The number of nitrogens with zero attached hydrogens (tertiary/aromatic N) is 4. The molecule has 0 unspecified atom stereocenters. The van der Waals surface area contributed by atoms with E-state index in [1.807, 2.05) is 0 Å². The lowest BCUT2D eigenvalue weighted by Crippen LogP contribution is -2.19. The molecule has 0 fully saturated rings. The van der Waals surface area contributed by atoms with E-state index in [1.165, 1.54) is 25.6 Å². The maximum Gasteiger partial charge on any atom is 0.318 e. The van der Waals surface area contributed by atoms with Crippen LogP contribution in [-0.4, -0.2) is 42.1 Å². The lowest BCUT2D eigenvalue weighted by Gasteiger charge is -2.16. The van der Waals surface area contributed by atoms with Crippen LogP contribution in [0.1, 0.15) is 10.4 Å². The number of carbonyl (C=O) groups excluding carboxylic acids is 1. The molecule has 2 rings (SSSR count). The first-order valence-electron chi connectivity index (χ1n) is 6.02. The molecule has 0 saturated heterocycles. The Hall–Kier alpha value is -2.77. The normalized spacial score (nSPS) is 10.1. The van der Waals surface area contributed by atoms with Crippen molar-refractivity contribution in [2.24, 2.45) is 0 Å². The number of amides is 1. The minimum Gasteiger partial charge on any atom is -0.467 e. The number of carbonyl (C=O) groups is 1. The van der Waals surface area contributed by atoms with Gasteiger partial charge in [0.2, 0.25) is 0 Å². The highest BCUT2D eigenvalue weighted by atomic mass is 19.1. The fourth-order valence-electron chi connectivity index (χ4n) is 1.63. The Kier molecular flexibility index (Phi) is 4.27. The summed E-state index contributed by atoms with van der Waals surface area (Å²) in [7, 11) is 4.95. The van der Waals surface area contributed by atoms with E-state index >= 15 is 0 Å². The lowest BCUT2D eigenvalue weighted by molar-refractivity contribution is 0.102. The van der Waals surface area contributed by atoms with Crippen LogP contribution in [-0.2, 0) is 0 Å². The fourth-order valence-corrected chi connectivity index (χ4v) is 1.63. The Morgan fingerprint density at radius 2 is 2.14 bits per heavy atom. The van der Waals surface area contributed by atoms with Crippen LogP contribution in [0.3, 0.4) is 0 Å². The van der Waals surface area contributed by atoms with Gasteiger partial charge in [0.05, 0.1) is 25.1 Å². The minimum atomic E-state index is -0.698. The van der Waals surface area contributed by atoms with E-state index in [2.05, 4.69) is 20.3 Å². The number of rotatable bonds is 4. The van der Waals surface area contributed by atoms with Crippen LogP contribution in [0.4, 0.5) is 15.9 Å². The molecule has 0 spiro atoms. The number of anilines is 2. The van der Waals surface area contributed by atoms with Crippen molar-refractivity contribution in [3.63, 3.8) is 0 Å². The minimum absolute atomic E-state index is 0.106. The topological polar surface area (TPSA) is 80.2 Å². The SMILES string of the molecule is COc1ncc(NC(=O)c2ccncc2F)c(N(C)C)n1. The number of pyridine rings is 1. The molecule has 0 atom stereocenters. The summed E-state index contributed by atoms with van der Waals surface area (Å²) in [4.78, 5) is 25.4. The van der Waals surface area contributed by atoms with Crippen molar-refractivity contribution in [1.82, 2.24) is 15.0 Å². The monoisotopic (exact) mass is 291 g/mol. The lowest BCUT2D eigenvalue weighted by atomic mass is 10.2. The molecule has 8 heteroatoms. The highest BCUT2D eigenvalue weighted by Gasteiger charge is 2.16. The summed E-state index contributed by atoms with van der Waals surface area (Å²) in [6, 6.07) is 1.47. The predicted octanol–water partition coefficient (Wildman–Crippen LogP) is 1.34. The maximum atomic E-state index is 13.5. The fraction of sp³-hybridized carbons (Fsp3) is 0.231. The summed E-state index contributed by atoms with van der Waals surface area (Å²) >= 11 is 0. The average molecular weight is 291 g/mol. The zero-order valence-electron chi connectivity index (χ0n) is 11.8. The second kappa shape index (κ2) is 6.12. The van der Waals surface area contributed by atoms with Gasteiger partial charge in [-0.25, -0.2) is 9.37 Å². The van der Waals surface area contributed by atoms with Crippen molar-refractivity contribution in [1.29, 1.82) is 0 Å². The van der Waals surface area contributed by atoms with Crippen LogP contribution in [0.5, 0.6) is 6.01 Å². The Bertz CT molecular complexity index is 663. The number of aromatic nitrogens is 3. The van der Waals surface area contributed by atoms with E-state index in [4.69, 9.17) is 4.74 Å². The number of halogens is 1. The van der Waals surface area contributed by atoms with Gasteiger partial charge in [0.1, 0.15) is 5.69 Å². The molecule has 0 saturated carbocycles. The second-order valence-corrected chi connectivity index (χ2v) is 4.30. The van der Waals surface area contributed by atoms with Crippen molar-refractivity contribution in [3.05, 3.63) is 36.0 Å². The zero-order chi connectivity index (χ0) is 15.4. The van der Waals surface area contributed by atoms with Gasteiger partial charge in [0.15, 0.2) is 11.6 Å². The number of nitrogens with one attached hydrogen (secondary N) is 1. The summed E-state index contributed by atoms with van der Waals surface area (Å²) in [6.45, 7) is 0. The quantitative estimate of drug-likeness (QED) is 0.915. The Labute approximate surface area is 120 Å². The summed E-state index contributed by atoms with van der Waals surface area (Å²) in [5.41, 5.74) is 0.243.